The van der Waals surface area contributed by atoms with Crippen LogP contribution in [0.5, 0.6) is 0 Å². The smallest absolute Gasteiger partial charge is 0.408 e. The highest BCUT2D eigenvalue weighted by Gasteiger charge is 2.31. The zero-order valence-electron chi connectivity index (χ0n) is 8.57. The molecule has 0 bridgehead atoms. The normalized spacial score (nSPS) is 12.0. The van der Waals surface area contributed by atoms with Gasteiger partial charge in [-0.1, -0.05) is 5.21 Å². The van der Waals surface area contributed by atoms with E-state index in [0.29, 0.717) is 4.68 Å². The zero-order valence-corrected chi connectivity index (χ0v) is 8.57. The summed E-state index contributed by atoms with van der Waals surface area (Å²) in [5.41, 5.74) is -1.47. The Bertz CT molecular complexity index is 620. The minimum absolute atomic E-state index is 0.113. The highest BCUT2D eigenvalue weighted by atomic mass is 19.4. The molecule has 1 heterocycles. The number of rotatable bonds is 2. The van der Waals surface area contributed by atoms with E-state index in [9.17, 15) is 22.4 Å². The number of hydrogen-bond donors (Lipinski definition) is 1. The molecule has 0 fully saturated rings. The Kier molecular flexibility index (Phi) is 2.68. The van der Waals surface area contributed by atoms with E-state index >= 15 is 0 Å². The first-order valence-corrected chi connectivity index (χ1v) is 4.61. The third kappa shape index (κ3) is 2.11. The maximum Gasteiger partial charge on any atom is 0.408 e. The van der Waals surface area contributed by atoms with Gasteiger partial charge in [0.25, 0.3) is 0 Å². The number of alkyl halides is 3. The van der Waals surface area contributed by atoms with Crippen LogP contribution in [0.15, 0.2) is 12.1 Å². The fourth-order valence-electron chi connectivity index (χ4n) is 1.53. The summed E-state index contributed by atoms with van der Waals surface area (Å²) in [5, 5.41) is 15.4. The molecule has 5 nitrogen and oxygen atoms in total. The predicted octanol–water partition coefficient (Wildman–Crippen LogP) is 1.83. The van der Waals surface area contributed by atoms with Crippen molar-refractivity contribution in [2.24, 2.45) is 0 Å². The third-order valence-corrected chi connectivity index (χ3v) is 2.17. The maximum atomic E-state index is 13.3. The molecule has 0 aliphatic carbocycles. The van der Waals surface area contributed by atoms with Crippen LogP contribution in [0.3, 0.4) is 0 Å². The molecule has 0 spiro atoms. The lowest BCUT2D eigenvalue weighted by atomic mass is 10.1. The zero-order chi connectivity index (χ0) is 13.5. The molecule has 18 heavy (non-hydrogen) atoms. The van der Waals surface area contributed by atoms with Crippen LogP contribution in [-0.4, -0.2) is 32.2 Å². The fraction of sp³-hybridized carbons (Fsp3) is 0.222. The highest BCUT2D eigenvalue weighted by Crippen LogP contribution is 2.24. The molecule has 0 atom stereocenters. The molecular weight excluding hydrogens is 258 g/mol. The molecule has 2 rings (SSSR count). The lowest BCUT2D eigenvalue weighted by Crippen LogP contribution is -2.19. The Labute approximate surface area is 96.6 Å². The van der Waals surface area contributed by atoms with Gasteiger partial charge in [-0.15, -0.1) is 5.10 Å². The average Bonchev–Trinajstić information content (AvgIpc) is 2.58. The summed E-state index contributed by atoms with van der Waals surface area (Å²) in [6, 6.07) is 1.88. The van der Waals surface area contributed by atoms with E-state index in [0.717, 1.165) is 12.1 Å². The summed E-state index contributed by atoms with van der Waals surface area (Å²) in [4.78, 5) is 10.9. The predicted molar refractivity (Wildman–Crippen MR) is 50.5 cm³/mol. The van der Waals surface area contributed by atoms with Crippen LogP contribution in [0, 0.1) is 5.82 Å². The van der Waals surface area contributed by atoms with Crippen molar-refractivity contribution in [1.82, 2.24) is 15.0 Å². The number of benzene rings is 1. The number of hydrogen-bond acceptors (Lipinski definition) is 3. The van der Waals surface area contributed by atoms with Gasteiger partial charge in [-0.3, -0.25) is 0 Å². The Morgan fingerprint density at radius 2 is 2.06 bits per heavy atom. The van der Waals surface area contributed by atoms with Crippen LogP contribution in [0.1, 0.15) is 10.4 Å². The maximum absolute atomic E-state index is 13.3. The number of halogens is 4. The first kappa shape index (κ1) is 12.3. The Morgan fingerprint density at radius 3 is 2.61 bits per heavy atom. The molecule has 0 unspecified atom stereocenters. The first-order chi connectivity index (χ1) is 8.29. The van der Waals surface area contributed by atoms with Crippen molar-refractivity contribution in [3.05, 3.63) is 23.5 Å². The summed E-state index contributed by atoms with van der Waals surface area (Å²) in [6.45, 7) is -1.53. The molecule has 0 amide bonds. The van der Waals surface area contributed by atoms with E-state index in [1.165, 1.54) is 0 Å². The number of fused-ring (bicyclic) bond motifs is 1. The lowest BCUT2D eigenvalue weighted by molar-refractivity contribution is -0.142. The summed E-state index contributed by atoms with van der Waals surface area (Å²) in [5.74, 6) is -2.82. The second kappa shape index (κ2) is 3.93. The van der Waals surface area contributed by atoms with Crippen LogP contribution in [0.4, 0.5) is 17.6 Å². The molecule has 1 aromatic heterocycles. The van der Waals surface area contributed by atoms with Crippen LogP contribution in [-0.2, 0) is 6.54 Å². The first-order valence-electron chi connectivity index (χ1n) is 4.61. The second-order valence-electron chi connectivity index (χ2n) is 3.46. The number of nitrogens with zero attached hydrogens (tertiary/aromatic N) is 3. The van der Waals surface area contributed by atoms with Gasteiger partial charge in [0.1, 0.15) is 29.0 Å². The average molecular weight is 263 g/mol. The van der Waals surface area contributed by atoms with E-state index in [-0.39, 0.29) is 5.52 Å². The van der Waals surface area contributed by atoms with Crippen molar-refractivity contribution >= 4 is 17.0 Å². The molecule has 0 aliphatic rings. The molecule has 0 aliphatic heterocycles. The minimum atomic E-state index is -4.61. The van der Waals surface area contributed by atoms with Crippen molar-refractivity contribution in [2.75, 3.05) is 0 Å². The van der Waals surface area contributed by atoms with Gasteiger partial charge in [-0.2, -0.15) is 13.2 Å². The Balaban J connectivity index is 2.70. The van der Waals surface area contributed by atoms with Gasteiger partial charge in [-0.05, 0) is 12.1 Å². The van der Waals surface area contributed by atoms with Gasteiger partial charge in [0.15, 0.2) is 0 Å². The van der Waals surface area contributed by atoms with Gasteiger partial charge in [-0.25, -0.2) is 13.9 Å². The Hall–Kier alpha value is -2.19. The standard InChI is InChI=1S/C9H5F4N3O2/c10-4-1-2-5-7(6(4)8(17)18)16(15-14-5)3-9(11,12)13/h1-2H,3H2,(H,17,18). The van der Waals surface area contributed by atoms with Crippen LogP contribution in [0.25, 0.3) is 11.0 Å². The molecule has 1 N–H and O–H groups in total. The van der Waals surface area contributed by atoms with E-state index in [4.69, 9.17) is 5.11 Å². The number of carboxylic acids is 1. The summed E-state index contributed by atoms with van der Waals surface area (Å²) < 4.78 is 50.4. The van der Waals surface area contributed by atoms with Gasteiger partial charge < -0.3 is 5.11 Å². The molecule has 9 heteroatoms. The number of aromatic carboxylic acids is 1. The van der Waals surface area contributed by atoms with E-state index in [1.54, 1.807) is 0 Å². The van der Waals surface area contributed by atoms with Crippen molar-refractivity contribution in [2.45, 2.75) is 12.7 Å². The third-order valence-electron chi connectivity index (χ3n) is 2.17. The molecule has 0 saturated heterocycles. The summed E-state index contributed by atoms with van der Waals surface area (Å²) >= 11 is 0. The van der Waals surface area contributed by atoms with Crippen molar-refractivity contribution in [3.8, 4) is 0 Å². The van der Waals surface area contributed by atoms with Crippen molar-refractivity contribution in [3.63, 3.8) is 0 Å². The SMILES string of the molecule is O=C(O)c1c(F)ccc2nnn(CC(F)(F)F)c12. The van der Waals surface area contributed by atoms with Crippen molar-refractivity contribution < 1.29 is 27.5 Å². The molecule has 96 valence electrons. The fourth-order valence-corrected chi connectivity index (χ4v) is 1.53. The number of carboxylic acid groups (broad SMARTS) is 1. The van der Waals surface area contributed by atoms with Gasteiger partial charge in [0, 0.05) is 0 Å². The van der Waals surface area contributed by atoms with Gasteiger partial charge >= 0.3 is 12.1 Å². The molecular formula is C9H5F4N3O2. The summed E-state index contributed by atoms with van der Waals surface area (Å²) in [6.07, 6.45) is -4.61. The number of carbonyl (C=O) groups is 1. The quantitative estimate of drug-likeness (QED) is 0.839. The second-order valence-corrected chi connectivity index (χ2v) is 3.46. The Morgan fingerprint density at radius 1 is 1.39 bits per heavy atom. The molecule has 0 radical (unpaired) electrons. The van der Waals surface area contributed by atoms with E-state index < -0.39 is 35.6 Å². The lowest BCUT2D eigenvalue weighted by Gasteiger charge is -2.07. The molecule has 0 saturated carbocycles. The van der Waals surface area contributed by atoms with E-state index in [2.05, 4.69) is 10.3 Å². The molecule has 1 aromatic carbocycles. The topological polar surface area (TPSA) is 68.0 Å². The van der Waals surface area contributed by atoms with Crippen LogP contribution in [0.2, 0.25) is 0 Å². The minimum Gasteiger partial charge on any atom is -0.478 e. The molecule has 2 aromatic rings. The van der Waals surface area contributed by atoms with Gasteiger partial charge in [0.05, 0.1) is 0 Å². The largest absolute Gasteiger partial charge is 0.478 e. The number of aromatic nitrogens is 3. The van der Waals surface area contributed by atoms with Crippen LogP contribution < -0.4 is 0 Å². The highest BCUT2D eigenvalue weighted by molar-refractivity contribution is 6.01. The van der Waals surface area contributed by atoms with E-state index in [1.807, 2.05) is 0 Å². The summed E-state index contributed by atoms with van der Waals surface area (Å²) in [7, 11) is 0. The van der Waals surface area contributed by atoms with Gasteiger partial charge in [0.2, 0.25) is 0 Å². The monoisotopic (exact) mass is 263 g/mol. The van der Waals surface area contributed by atoms with Crippen molar-refractivity contribution in [1.29, 1.82) is 0 Å². The van der Waals surface area contributed by atoms with Crippen LogP contribution >= 0.6 is 0 Å².